The highest BCUT2D eigenvalue weighted by Gasteiger charge is 2.31. The molecule has 0 saturated carbocycles. The zero-order chi connectivity index (χ0) is 22.9. The van der Waals surface area contributed by atoms with Gasteiger partial charge in [0.05, 0.1) is 23.5 Å². The Morgan fingerprint density at radius 2 is 1.79 bits per heavy atom. The predicted octanol–water partition coefficient (Wildman–Crippen LogP) is 3.75. The Kier molecular flexibility index (Phi) is 6.11. The molecular formula is C27H35N5O. The van der Waals surface area contributed by atoms with Gasteiger partial charge in [0.15, 0.2) is 0 Å². The summed E-state index contributed by atoms with van der Waals surface area (Å²) >= 11 is 0. The van der Waals surface area contributed by atoms with Crippen LogP contribution in [0.25, 0.3) is 11.0 Å². The third-order valence-corrected chi connectivity index (χ3v) is 7.61. The standard InChI is InChI=1S/C27H35N5O/c1-20-8-6-12-24(21(20)2)31-14-16-32(17-15-31)27(33)22-9-7-13-30(18-22)19-26-28-23-10-4-5-11-25(23)29(26)3/h4-6,8,10-12,22H,7,9,13-19H2,1-3H3/t22-/m1/s1. The number of hydrogen-bond acceptors (Lipinski definition) is 4. The van der Waals surface area contributed by atoms with E-state index >= 15 is 0 Å². The van der Waals surface area contributed by atoms with Gasteiger partial charge in [-0.1, -0.05) is 24.3 Å². The van der Waals surface area contributed by atoms with Crippen LogP contribution in [-0.4, -0.2) is 64.5 Å². The average Bonchev–Trinajstić information content (AvgIpc) is 3.16. The number of fused-ring (bicyclic) bond motifs is 1. The number of nitrogens with zero attached hydrogens (tertiary/aromatic N) is 5. The lowest BCUT2D eigenvalue weighted by Gasteiger charge is -2.40. The van der Waals surface area contributed by atoms with E-state index in [4.69, 9.17) is 4.98 Å². The molecule has 0 aliphatic carbocycles. The molecule has 1 amide bonds. The van der Waals surface area contributed by atoms with Gasteiger partial charge < -0.3 is 14.4 Å². The first-order chi connectivity index (χ1) is 16.0. The molecule has 2 aliphatic rings. The summed E-state index contributed by atoms with van der Waals surface area (Å²) in [5, 5.41) is 0. The lowest BCUT2D eigenvalue weighted by molar-refractivity contribution is -0.137. The molecule has 2 aliphatic heterocycles. The SMILES string of the molecule is Cc1cccc(N2CCN(C(=O)[C@@H]3CCCN(Cc4nc5ccccc5n4C)C3)CC2)c1C. The topological polar surface area (TPSA) is 44.6 Å². The molecule has 1 aromatic heterocycles. The van der Waals surface area contributed by atoms with Crippen molar-refractivity contribution < 1.29 is 4.79 Å². The van der Waals surface area contributed by atoms with Gasteiger partial charge in [0, 0.05) is 45.5 Å². The zero-order valence-electron chi connectivity index (χ0n) is 20.1. The summed E-state index contributed by atoms with van der Waals surface area (Å²) in [7, 11) is 2.09. The summed E-state index contributed by atoms with van der Waals surface area (Å²) in [5.74, 6) is 1.51. The third-order valence-electron chi connectivity index (χ3n) is 7.61. The van der Waals surface area contributed by atoms with Gasteiger partial charge >= 0.3 is 0 Å². The van der Waals surface area contributed by atoms with Gasteiger partial charge in [-0.15, -0.1) is 0 Å². The van der Waals surface area contributed by atoms with Crippen molar-refractivity contribution in [2.75, 3.05) is 44.2 Å². The van der Waals surface area contributed by atoms with E-state index in [9.17, 15) is 4.79 Å². The molecule has 33 heavy (non-hydrogen) atoms. The Hall–Kier alpha value is -2.86. The first kappa shape index (κ1) is 22.0. The number of para-hydroxylation sites is 2. The number of carbonyl (C=O) groups is 1. The van der Waals surface area contributed by atoms with Crippen LogP contribution in [0, 0.1) is 19.8 Å². The largest absolute Gasteiger partial charge is 0.368 e. The molecule has 1 atom stereocenters. The number of hydrogen-bond donors (Lipinski definition) is 0. The summed E-state index contributed by atoms with van der Waals surface area (Å²) < 4.78 is 2.19. The molecule has 6 nitrogen and oxygen atoms in total. The highest BCUT2D eigenvalue weighted by Crippen LogP contribution is 2.26. The summed E-state index contributed by atoms with van der Waals surface area (Å²) in [6.07, 6.45) is 2.07. The Morgan fingerprint density at radius 1 is 1.00 bits per heavy atom. The summed E-state index contributed by atoms with van der Waals surface area (Å²) in [4.78, 5) is 25.2. The highest BCUT2D eigenvalue weighted by molar-refractivity contribution is 5.79. The van der Waals surface area contributed by atoms with E-state index in [1.807, 2.05) is 6.07 Å². The van der Waals surface area contributed by atoms with Crippen molar-refractivity contribution in [1.29, 1.82) is 0 Å². The molecule has 2 fully saturated rings. The molecule has 0 bridgehead atoms. The molecule has 0 unspecified atom stereocenters. The van der Waals surface area contributed by atoms with Crippen molar-refractivity contribution in [2.24, 2.45) is 13.0 Å². The van der Waals surface area contributed by atoms with Crippen LogP contribution >= 0.6 is 0 Å². The van der Waals surface area contributed by atoms with Crippen LogP contribution in [0.2, 0.25) is 0 Å². The van der Waals surface area contributed by atoms with Crippen LogP contribution in [0.5, 0.6) is 0 Å². The van der Waals surface area contributed by atoms with Crippen molar-refractivity contribution in [1.82, 2.24) is 19.4 Å². The second-order valence-corrected chi connectivity index (χ2v) is 9.68. The number of likely N-dealkylation sites (tertiary alicyclic amines) is 1. The molecule has 174 valence electrons. The monoisotopic (exact) mass is 445 g/mol. The highest BCUT2D eigenvalue weighted by atomic mass is 16.2. The minimum atomic E-state index is 0.0979. The summed E-state index contributed by atoms with van der Waals surface area (Å²) in [6, 6.07) is 14.8. The Balaban J connectivity index is 1.20. The fraction of sp³-hybridized carbons (Fsp3) is 0.481. The smallest absolute Gasteiger partial charge is 0.227 e. The van der Waals surface area contributed by atoms with Crippen LogP contribution in [0.3, 0.4) is 0 Å². The Morgan fingerprint density at radius 3 is 2.58 bits per heavy atom. The number of piperidine rings is 1. The number of rotatable bonds is 4. The van der Waals surface area contributed by atoms with E-state index in [1.54, 1.807) is 0 Å². The number of carbonyl (C=O) groups excluding carboxylic acids is 1. The van der Waals surface area contributed by atoms with E-state index in [2.05, 4.69) is 76.6 Å². The van der Waals surface area contributed by atoms with Crippen LogP contribution in [0.1, 0.15) is 29.8 Å². The average molecular weight is 446 g/mol. The normalized spacial score (nSPS) is 19.9. The summed E-state index contributed by atoms with van der Waals surface area (Å²) in [6.45, 7) is 10.5. The second-order valence-electron chi connectivity index (χ2n) is 9.68. The fourth-order valence-electron chi connectivity index (χ4n) is 5.44. The van der Waals surface area contributed by atoms with Crippen molar-refractivity contribution >= 4 is 22.6 Å². The number of imidazole rings is 1. The van der Waals surface area contributed by atoms with Crippen LogP contribution in [0.15, 0.2) is 42.5 Å². The van der Waals surface area contributed by atoms with E-state index in [0.29, 0.717) is 5.91 Å². The number of aromatic nitrogens is 2. The van der Waals surface area contributed by atoms with E-state index in [-0.39, 0.29) is 5.92 Å². The Bertz CT molecular complexity index is 1140. The molecule has 5 rings (SSSR count). The number of benzene rings is 2. The maximum Gasteiger partial charge on any atom is 0.227 e. The quantitative estimate of drug-likeness (QED) is 0.614. The van der Waals surface area contributed by atoms with Crippen LogP contribution in [0.4, 0.5) is 5.69 Å². The molecule has 0 N–H and O–H groups in total. The number of anilines is 1. The predicted molar refractivity (Wildman–Crippen MR) is 133 cm³/mol. The lowest BCUT2D eigenvalue weighted by Crippen LogP contribution is -2.52. The molecular weight excluding hydrogens is 410 g/mol. The molecule has 6 heteroatoms. The van der Waals surface area contributed by atoms with Crippen molar-refractivity contribution in [3.63, 3.8) is 0 Å². The van der Waals surface area contributed by atoms with E-state index < -0.39 is 0 Å². The van der Waals surface area contributed by atoms with Gasteiger partial charge in [0.25, 0.3) is 0 Å². The Labute approximate surface area is 196 Å². The van der Waals surface area contributed by atoms with Gasteiger partial charge in [-0.3, -0.25) is 9.69 Å². The number of aryl methyl sites for hydroxylation is 2. The fourth-order valence-corrected chi connectivity index (χ4v) is 5.44. The van der Waals surface area contributed by atoms with Crippen LogP contribution in [-0.2, 0) is 18.4 Å². The molecule has 3 heterocycles. The molecule has 2 aromatic carbocycles. The second kappa shape index (κ2) is 9.18. The molecule has 2 saturated heterocycles. The maximum absolute atomic E-state index is 13.4. The van der Waals surface area contributed by atoms with Crippen molar-refractivity contribution in [3.05, 3.63) is 59.4 Å². The van der Waals surface area contributed by atoms with Gasteiger partial charge in [0.1, 0.15) is 5.82 Å². The van der Waals surface area contributed by atoms with Gasteiger partial charge in [-0.05, 0) is 62.6 Å². The molecule has 3 aromatic rings. The zero-order valence-corrected chi connectivity index (χ0v) is 20.1. The van der Waals surface area contributed by atoms with E-state index in [0.717, 1.165) is 70.0 Å². The number of piperazine rings is 1. The van der Waals surface area contributed by atoms with Crippen LogP contribution < -0.4 is 4.90 Å². The van der Waals surface area contributed by atoms with Gasteiger partial charge in [-0.25, -0.2) is 4.98 Å². The first-order valence-corrected chi connectivity index (χ1v) is 12.2. The van der Waals surface area contributed by atoms with E-state index in [1.165, 1.54) is 22.3 Å². The maximum atomic E-state index is 13.4. The van der Waals surface area contributed by atoms with Gasteiger partial charge in [0.2, 0.25) is 5.91 Å². The first-order valence-electron chi connectivity index (χ1n) is 12.2. The number of amides is 1. The third kappa shape index (κ3) is 4.36. The summed E-state index contributed by atoms with van der Waals surface area (Å²) in [5.41, 5.74) is 6.20. The lowest BCUT2D eigenvalue weighted by atomic mass is 9.96. The minimum Gasteiger partial charge on any atom is -0.368 e. The molecule has 0 radical (unpaired) electrons. The minimum absolute atomic E-state index is 0.0979. The van der Waals surface area contributed by atoms with Crippen molar-refractivity contribution in [3.8, 4) is 0 Å². The van der Waals surface area contributed by atoms with Crippen molar-refractivity contribution in [2.45, 2.75) is 33.2 Å². The van der Waals surface area contributed by atoms with Gasteiger partial charge in [-0.2, -0.15) is 0 Å². The molecule has 0 spiro atoms.